The maximum Gasteiger partial charge on any atom is 0.251 e. The monoisotopic (exact) mass is 442 g/mol. The minimum Gasteiger partial charge on any atom is -0.369 e. The molecule has 0 spiro atoms. The Balaban J connectivity index is 1.80. The molecule has 1 amide bonds. The zero-order valence-electron chi connectivity index (χ0n) is 19.6. The van der Waals surface area contributed by atoms with Crippen molar-refractivity contribution in [1.82, 2.24) is 20.3 Å². The van der Waals surface area contributed by atoms with Crippen LogP contribution in [0, 0.1) is 6.92 Å². The van der Waals surface area contributed by atoms with Crippen LogP contribution >= 0.6 is 0 Å². The van der Waals surface area contributed by atoms with Crippen LogP contribution in [0.15, 0.2) is 60.0 Å². The van der Waals surface area contributed by atoms with Gasteiger partial charge in [-0.15, -0.1) is 0 Å². The van der Waals surface area contributed by atoms with Gasteiger partial charge in [-0.2, -0.15) is 0 Å². The largest absolute Gasteiger partial charge is 0.369 e. The van der Waals surface area contributed by atoms with Crippen LogP contribution in [0.1, 0.15) is 43.5 Å². The van der Waals surface area contributed by atoms with E-state index in [4.69, 9.17) is 0 Å². The highest BCUT2D eigenvalue weighted by Crippen LogP contribution is 2.34. The predicted molar refractivity (Wildman–Crippen MR) is 135 cm³/mol. The number of rotatable bonds is 9. The van der Waals surface area contributed by atoms with Gasteiger partial charge in [0.2, 0.25) is 0 Å². The molecule has 0 radical (unpaired) electrons. The molecule has 170 valence electrons. The third kappa shape index (κ3) is 5.68. The smallest absolute Gasteiger partial charge is 0.251 e. The highest BCUT2D eigenvalue weighted by atomic mass is 16.1. The molecule has 0 fully saturated rings. The first kappa shape index (κ1) is 23.8. The minimum atomic E-state index is -0.119. The number of para-hydroxylation sites is 1. The summed E-state index contributed by atoms with van der Waals surface area (Å²) in [5.74, 6) is 0.706. The third-order valence-electron chi connectivity index (χ3n) is 5.38. The van der Waals surface area contributed by atoms with Gasteiger partial charge in [0.05, 0.1) is 11.4 Å². The second-order valence-electron chi connectivity index (χ2n) is 7.72. The Morgan fingerprint density at radius 3 is 2.70 bits per heavy atom. The molecule has 0 unspecified atom stereocenters. The van der Waals surface area contributed by atoms with Gasteiger partial charge in [-0.3, -0.25) is 14.8 Å². The number of aryl methyl sites for hydroxylation is 1. The zero-order chi connectivity index (χ0) is 23.8. The van der Waals surface area contributed by atoms with Crippen molar-refractivity contribution in [3.8, 4) is 11.3 Å². The average molecular weight is 443 g/mol. The number of pyridine rings is 1. The van der Waals surface area contributed by atoms with Crippen LogP contribution in [-0.4, -0.2) is 40.7 Å². The van der Waals surface area contributed by atoms with Crippen LogP contribution in [-0.2, 0) is 4.79 Å². The number of carbonyl (C=O) groups is 1. The van der Waals surface area contributed by atoms with E-state index < -0.39 is 0 Å². The number of nitrogens with zero attached hydrogens (tertiary/aromatic N) is 4. The summed E-state index contributed by atoms with van der Waals surface area (Å²) in [6.45, 7) is 12.8. The number of amides is 1. The molecule has 1 aromatic carbocycles. The van der Waals surface area contributed by atoms with Crippen molar-refractivity contribution in [2.45, 2.75) is 33.6 Å². The van der Waals surface area contributed by atoms with E-state index in [1.165, 1.54) is 0 Å². The van der Waals surface area contributed by atoms with Gasteiger partial charge in [0.25, 0.3) is 5.91 Å². The molecule has 1 atom stereocenters. The number of anilines is 1. The molecule has 2 N–H and O–H groups in total. The number of hydrogen-bond donors (Lipinski definition) is 2. The van der Waals surface area contributed by atoms with Gasteiger partial charge in [0, 0.05) is 53.7 Å². The van der Waals surface area contributed by atoms with Gasteiger partial charge < -0.3 is 10.6 Å². The van der Waals surface area contributed by atoms with Gasteiger partial charge in [-0.1, -0.05) is 31.2 Å². The maximum atomic E-state index is 12.5. The van der Waals surface area contributed by atoms with Gasteiger partial charge >= 0.3 is 0 Å². The molecular weight excluding hydrogens is 412 g/mol. The van der Waals surface area contributed by atoms with Gasteiger partial charge in [0.1, 0.15) is 12.1 Å². The molecule has 7 heteroatoms. The van der Waals surface area contributed by atoms with Gasteiger partial charge in [-0.05, 0) is 45.2 Å². The van der Waals surface area contributed by atoms with Crippen molar-refractivity contribution in [2.24, 2.45) is 4.99 Å². The molecule has 3 rings (SSSR count). The van der Waals surface area contributed by atoms with E-state index in [-0.39, 0.29) is 11.8 Å². The first-order valence-corrected chi connectivity index (χ1v) is 11.0. The molecule has 0 aliphatic heterocycles. The molecule has 0 saturated carbocycles. The quantitative estimate of drug-likeness (QED) is 0.362. The highest BCUT2D eigenvalue weighted by molar-refractivity contribution is 6.20. The minimum absolute atomic E-state index is 0.0947. The predicted octanol–water partition coefficient (Wildman–Crippen LogP) is 4.93. The fourth-order valence-electron chi connectivity index (χ4n) is 3.62. The number of aromatic nitrogens is 3. The summed E-state index contributed by atoms with van der Waals surface area (Å²) in [6, 6.07) is 11.8. The summed E-state index contributed by atoms with van der Waals surface area (Å²) >= 11 is 0. The topological polar surface area (TPSA) is 92.2 Å². The standard InChI is InChI=1S/C26H30N6O/c1-6-20(26(33)28-7-2)22-10-8-9-21(25(22)27-5)17(3)14-30-24-13-23(31-16-32-24)19-12-11-18(4)29-15-19/h6,8-13,15-17H,5,7,14H2,1-4H3,(H,28,33)(H,30,31,32)/b20-6+/t17-/m1/s1. The van der Waals surface area contributed by atoms with Crippen molar-refractivity contribution < 1.29 is 4.79 Å². The molecule has 7 nitrogen and oxygen atoms in total. The lowest BCUT2D eigenvalue weighted by atomic mass is 9.92. The number of benzene rings is 1. The van der Waals surface area contributed by atoms with Crippen molar-refractivity contribution in [2.75, 3.05) is 18.4 Å². The lowest BCUT2D eigenvalue weighted by molar-refractivity contribution is -0.115. The molecule has 3 aromatic rings. The first-order valence-electron chi connectivity index (χ1n) is 11.0. The molecule has 2 aromatic heterocycles. The van der Waals surface area contributed by atoms with E-state index in [2.05, 4.69) is 44.2 Å². The number of allylic oxidation sites excluding steroid dienone is 1. The summed E-state index contributed by atoms with van der Waals surface area (Å²) < 4.78 is 0. The van der Waals surface area contributed by atoms with E-state index in [0.29, 0.717) is 18.7 Å². The van der Waals surface area contributed by atoms with E-state index in [1.807, 2.05) is 69.4 Å². The number of likely N-dealkylation sites (N-methyl/N-ethyl adjacent to an activating group) is 1. The third-order valence-corrected chi connectivity index (χ3v) is 5.38. The number of hydrogen-bond acceptors (Lipinski definition) is 6. The zero-order valence-corrected chi connectivity index (χ0v) is 19.6. The second kappa shape index (κ2) is 11.1. The van der Waals surface area contributed by atoms with Crippen molar-refractivity contribution >= 4 is 29.7 Å². The fourth-order valence-corrected chi connectivity index (χ4v) is 3.62. The Labute approximate surface area is 195 Å². The van der Waals surface area contributed by atoms with E-state index in [9.17, 15) is 4.79 Å². The summed E-state index contributed by atoms with van der Waals surface area (Å²) in [6.07, 6.45) is 5.17. The van der Waals surface area contributed by atoms with E-state index in [0.717, 1.165) is 39.6 Å². The van der Waals surface area contributed by atoms with Crippen molar-refractivity contribution in [3.05, 3.63) is 71.8 Å². The molecule has 2 heterocycles. The van der Waals surface area contributed by atoms with Gasteiger partial charge in [0.15, 0.2) is 0 Å². The lowest BCUT2D eigenvalue weighted by Gasteiger charge is -2.19. The van der Waals surface area contributed by atoms with Crippen LogP contribution < -0.4 is 10.6 Å². The molecule has 0 saturated heterocycles. The van der Waals surface area contributed by atoms with Crippen LogP contribution in [0.3, 0.4) is 0 Å². The Morgan fingerprint density at radius 1 is 1.21 bits per heavy atom. The van der Waals surface area contributed by atoms with Crippen LogP contribution in [0.2, 0.25) is 0 Å². The molecule has 0 aliphatic rings. The SMILES string of the molecule is C=Nc1c(/C(=C\C)C(=O)NCC)cccc1[C@H](C)CNc1cc(-c2ccc(C)nc2)ncn1. The highest BCUT2D eigenvalue weighted by Gasteiger charge is 2.19. The van der Waals surface area contributed by atoms with E-state index >= 15 is 0 Å². The summed E-state index contributed by atoms with van der Waals surface area (Å²) in [5, 5.41) is 6.26. The average Bonchev–Trinajstić information content (AvgIpc) is 2.83. The van der Waals surface area contributed by atoms with Gasteiger partial charge in [-0.25, -0.2) is 9.97 Å². The first-order chi connectivity index (χ1) is 16.0. The second-order valence-corrected chi connectivity index (χ2v) is 7.72. The van der Waals surface area contributed by atoms with Crippen LogP contribution in [0.4, 0.5) is 11.5 Å². The molecule has 33 heavy (non-hydrogen) atoms. The summed E-state index contributed by atoms with van der Waals surface area (Å²) in [5.41, 5.74) is 5.81. The number of aliphatic imine (C=N–C) groups is 1. The number of carbonyl (C=O) groups excluding carboxylic acids is 1. The lowest BCUT2D eigenvalue weighted by Crippen LogP contribution is -2.24. The molecular formula is C26H30N6O. The van der Waals surface area contributed by atoms with Crippen molar-refractivity contribution in [3.63, 3.8) is 0 Å². The summed E-state index contributed by atoms with van der Waals surface area (Å²) in [7, 11) is 0. The van der Waals surface area contributed by atoms with Crippen LogP contribution in [0.5, 0.6) is 0 Å². The Morgan fingerprint density at radius 2 is 2.03 bits per heavy atom. The van der Waals surface area contributed by atoms with Crippen LogP contribution in [0.25, 0.3) is 16.8 Å². The Bertz CT molecular complexity index is 1150. The van der Waals surface area contributed by atoms with E-state index in [1.54, 1.807) is 6.33 Å². The fraction of sp³-hybridized carbons (Fsp3) is 0.269. The summed E-state index contributed by atoms with van der Waals surface area (Å²) in [4.78, 5) is 29.9. The normalized spacial score (nSPS) is 12.2. The number of nitrogens with one attached hydrogen (secondary N) is 2. The van der Waals surface area contributed by atoms with Crippen molar-refractivity contribution in [1.29, 1.82) is 0 Å². The molecule has 0 bridgehead atoms. The molecule has 0 aliphatic carbocycles. The Hall–Kier alpha value is -3.87. The maximum absolute atomic E-state index is 12.5. The Kier molecular flexibility index (Phi) is 8.02.